The molecule has 1 unspecified atom stereocenters. The van der Waals surface area contributed by atoms with Crippen LogP contribution in [0.2, 0.25) is 5.02 Å². The molecule has 0 spiro atoms. The highest BCUT2D eigenvalue weighted by atomic mass is 35.5. The van der Waals surface area contributed by atoms with Gasteiger partial charge in [0.2, 0.25) is 5.91 Å². The van der Waals surface area contributed by atoms with E-state index in [1.54, 1.807) is 0 Å². The van der Waals surface area contributed by atoms with Crippen molar-refractivity contribution in [2.45, 2.75) is 51.6 Å². The molecule has 1 heterocycles. The summed E-state index contributed by atoms with van der Waals surface area (Å²) in [5, 5.41) is 3.78. The Morgan fingerprint density at radius 1 is 1.21 bits per heavy atom. The maximum atomic E-state index is 13.4. The van der Waals surface area contributed by atoms with Crippen molar-refractivity contribution >= 4 is 23.2 Å². The second-order valence-electron chi connectivity index (χ2n) is 7.47. The molecule has 2 aromatic carbocycles. The van der Waals surface area contributed by atoms with Crippen molar-refractivity contribution in [2.75, 3.05) is 18.5 Å². The molecule has 2 aromatic rings. The molecule has 150 valence electrons. The predicted octanol–water partition coefficient (Wildman–Crippen LogP) is 5.51. The zero-order valence-electron chi connectivity index (χ0n) is 16.8. The molecule has 0 saturated carbocycles. The molecule has 1 amide bonds. The fourth-order valence-electron chi connectivity index (χ4n) is 3.55. The topological polar surface area (TPSA) is 47.6 Å². The Bertz CT molecular complexity index is 813. The van der Waals surface area contributed by atoms with Crippen LogP contribution in [0.3, 0.4) is 0 Å². The first kappa shape index (κ1) is 20.7. The number of ether oxygens (including phenoxy) is 2. The van der Waals surface area contributed by atoms with Gasteiger partial charge in [-0.2, -0.15) is 0 Å². The van der Waals surface area contributed by atoms with Crippen LogP contribution in [0, 0.1) is 6.92 Å². The van der Waals surface area contributed by atoms with Gasteiger partial charge in [0.05, 0.1) is 11.5 Å². The molecule has 5 heteroatoms. The van der Waals surface area contributed by atoms with Crippen molar-refractivity contribution in [1.29, 1.82) is 0 Å². The number of carbonyl (C=O) groups is 1. The van der Waals surface area contributed by atoms with E-state index in [2.05, 4.69) is 19.2 Å². The average molecular weight is 402 g/mol. The van der Waals surface area contributed by atoms with Crippen LogP contribution in [0.4, 0.5) is 5.69 Å². The Balaban J connectivity index is 1.82. The number of nitrogens with one attached hydrogen (secondary N) is 1. The lowest BCUT2D eigenvalue weighted by Gasteiger charge is -2.36. The zero-order valence-corrected chi connectivity index (χ0v) is 17.5. The summed E-state index contributed by atoms with van der Waals surface area (Å²) < 4.78 is 11.5. The first-order chi connectivity index (χ1) is 13.4. The highest BCUT2D eigenvalue weighted by Gasteiger charge is 2.41. The second-order valence-corrected chi connectivity index (χ2v) is 7.91. The molecule has 28 heavy (non-hydrogen) atoms. The third-order valence-electron chi connectivity index (χ3n) is 5.51. The van der Waals surface area contributed by atoms with Crippen molar-refractivity contribution in [2.24, 2.45) is 0 Å². The average Bonchev–Trinajstić information content (AvgIpc) is 2.71. The molecule has 0 bridgehead atoms. The highest BCUT2D eigenvalue weighted by molar-refractivity contribution is 6.30. The Kier molecular flexibility index (Phi) is 6.63. The summed E-state index contributed by atoms with van der Waals surface area (Å²) in [6.45, 7) is 7.28. The van der Waals surface area contributed by atoms with E-state index >= 15 is 0 Å². The number of rotatable bonds is 6. The molecule has 4 nitrogen and oxygen atoms in total. The Morgan fingerprint density at radius 2 is 1.89 bits per heavy atom. The third-order valence-corrected chi connectivity index (χ3v) is 5.77. The lowest BCUT2D eigenvalue weighted by Crippen LogP contribution is -2.44. The summed E-state index contributed by atoms with van der Waals surface area (Å²) >= 11 is 6.05. The first-order valence-electron chi connectivity index (χ1n) is 9.87. The summed E-state index contributed by atoms with van der Waals surface area (Å²) in [6.07, 6.45) is 2.40. The van der Waals surface area contributed by atoms with Crippen molar-refractivity contribution in [3.8, 4) is 5.75 Å². The van der Waals surface area contributed by atoms with E-state index in [1.807, 2.05) is 49.4 Å². The van der Waals surface area contributed by atoms with Crippen LogP contribution in [-0.2, 0) is 14.9 Å². The van der Waals surface area contributed by atoms with Crippen molar-refractivity contribution < 1.29 is 14.3 Å². The van der Waals surface area contributed by atoms with Gasteiger partial charge in [0, 0.05) is 23.9 Å². The van der Waals surface area contributed by atoms with E-state index in [-0.39, 0.29) is 12.0 Å². The SMILES string of the molecule is CCC(C)Oc1ccc(NC(=O)C2(c3ccc(Cl)cc3)CCOCC2)cc1C. The van der Waals surface area contributed by atoms with E-state index in [4.69, 9.17) is 21.1 Å². The van der Waals surface area contributed by atoms with Crippen LogP contribution in [0.15, 0.2) is 42.5 Å². The van der Waals surface area contributed by atoms with Crippen LogP contribution in [0.25, 0.3) is 0 Å². The van der Waals surface area contributed by atoms with E-state index in [1.165, 1.54) is 0 Å². The molecule has 1 fully saturated rings. The summed E-state index contributed by atoms with van der Waals surface area (Å²) in [6, 6.07) is 13.4. The first-order valence-corrected chi connectivity index (χ1v) is 10.2. The molecule has 0 aliphatic carbocycles. The zero-order chi connectivity index (χ0) is 20.1. The van der Waals surface area contributed by atoms with E-state index in [9.17, 15) is 4.79 Å². The molecular weight excluding hydrogens is 374 g/mol. The summed E-state index contributed by atoms with van der Waals surface area (Å²) in [7, 11) is 0. The molecule has 0 radical (unpaired) electrons. The van der Waals surface area contributed by atoms with E-state index < -0.39 is 5.41 Å². The normalized spacial score (nSPS) is 17.0. The second kappa shape index (κ2) is 8.97. The van der Waals surface area contributed by atoms with Crippen LogP contribution in [0.5, 0.6) is 5.75 Å². The largest absolute Gasteiger partial charge is 0.490 e. The molecule has 1 aliphatic heterocycles. The highest BCUT2D eigenvalue weighted by Crippen LogP contribution is 2.37. The Labute approximate surface area is 172 Å². The molecule has 1 N–H and O–H groups in total. The van der Waals surface area contributed by atoms with Gasteiger partial charge in [-0.15, -0.1) is 0 Å². The van der Waals surface area contributed by atoms with Gasteiger partial charge in [0.25, 0.3) is 0 Å². The number of hydrogen-bond donors (Lipinski definition) is 1. The Hall–Kier alpha value is -2.04. The lowest BCUT2D eigenvalue weighted by atomic mass is 9.73. The van der Waals surface area contributed by atoms with Crippen LogP contribution in [0.1, 0.15) is 44.2 Å². The van der Waals surface area contributed by atoms with Crippen molar-refractivity contribution in [3.63, 3.8) is 0 Å². The molecular formula is C23H28ClNO3. The molecule has 0 aromatic heterocycles. The maximum absolute atomic E-state index is 13.4. The number of halogens is 1. The van der Waals surface area contributed by atoms with Crippen LogP contribution in [-0.4, -0.2) is 25.2 Å². The predicted molar refractivity (Wildman–Crippen MR) is 113 cm³/mol. The minimum atomic E-state index is -0.608. The minimum absolute atomic E-state index is 0.00637. The van der Waals surface area contributed by atoms with Gasteiger partial charge in [-0.25, -0.2) is 0 Å². The molecule has 3 rings (SSSR count). The number of aryl methyl sites for hydroxylation is 1. The minimum Gasteiger partial charge on any atom is -0.490 e. The number of carbonyl (C=O) groups excluding carboxylic acids is 1. The Morgan fingerprint density at radius 3 is 2.50 bits per heavy atom. The standard InChI is InChI=1S/C23H28ClNO3/c1-4-17(3)28-21-10-9-20(15-16(21)2)25-22(26)23(11-13-27-14-12-23)18-5-7-19(24)8-6-18/h5-10,15,17H,4,11-14H2,1-3H3,(H,25,26). The number of hydrogen-bond acceptors (Lipinski definition) is 3. The van der Waals surface area contributed by atoms with Gasteiger partial charge in [-0.05, 0) is 74.6 Å². The fourth-order valence-corrected chi connectivity index (χ4v) is 3.67. The van der Waals surface area contributed by atoms with Crippen LogP contribution < -0.4 is 10.1 Å². The summed E-state index contributed by atoms with van der Waals surface area (Å²) in [5.74, 6) is 0.846. The number of amides is 1. The van der Waals surface area contributed by atoms with E-state index in [0.717, 1.165) is 29.0 Å². The quantitative estimate of drug-likeness (QED) is 0.693. The smallest absolute Gasteiger partial charge is 0.235 e. The van der Waals surface area contributed by atoms with E-state index in [0.29, 0.717) is 31.1 Å². The number of benzene rings is 2. The summed E-state index contributed by atoms with van der Waals surface area (Å²) in [4.78, 5) is 13.4. The van der Waals surface area contributed by atoms with Crippen molar-refractivity contribution in [3.05, 3.63) is 58.6 Å². The van der Waals surface area contributed by atoms with Gasteiger partial charge in [-0.1, -0.05) is 30.7 Å². The monoisotopic (exact) mass is 401 g/mol. The number of anilines is 1. The lowest BCUT2D eigenvalue weighted by molar-refractivity contribution is -0.125. The van der Waals surface area contributed by atoms with Crippen molar-refractivity contribution in [1.82, 2.24) is 0 Å². The van der Waals surface area contributed by atoms with Gasteiger partial charge in [-0.3, -0.25) is 4.79 Å². The van der Waals surface area contributed by atoms with Crippen LogP contribution >= 0.6 is 11.6 Å². The summed E-state index contributed by atoms with van der Waals surface area (Å²) in [5.41, 5.74) is 2.15. The molecule has 1 aliphatic rings. The van der Waals surface area contributed by atoms with Gasteiger partial charge < -0.3 is 14.8 Å². The fraction of sp³-hybridized carbons (Fsp3) is 0.435. The maximum Gasteiger partial charge on any atom is 0.235 e. The molecule has 1 atom stereocenters. The van der Waals surface area contributed by atoms with Gasteiger partial charge in [0.15, 0.2) is 0 Å². The molecule has 1 saturated heterocycles. The van der Waals surface area contributed by atoms with Gasteiger partial charge in [0.1, 0.15) is 5.75 Å². The third kappa shape index (κ3) is 4.50. The van der Waals surface area contributed by atoms with Gasteiger partial charge >= 0.3 is 0 Å².